The van der Waals surface area contributed by atoms with E-state index in [2.05, 4.69) is 113 Å². The standard InChI is InChI=1S/C49H78N2.2C5H9.Ni/c1-6-11-16-20-22-27-31-42-34-41(29-25-18-13-8-3)36-46(37-42)48-40-45(33-24-15-10-5)49(51(48)50)47-38-43(30-26-19-14-9-4)35-44(39-47)32-28-23-21-17-12-7-2;2*1-3-5-4-2;/h34-40H,6-33H2,1-5H3;2*1,3H,4-5H2,2H3;. The monoisotopic (exact) mass is 891 g/mol. The van der Waals surface area contributed by atoms with Crippen molar-refractivity contribution in [1.82, 2.24) is 0 Å². The molecule has 0 aliphatic carbocycles. The Balaban J connectivity index is 0.00000105. The topological polar surface area (TPSA) is 25.3 Å². The number of benzene rings is 2. The van der Waals surface area contributed by atoms with Gasteiger partial charge in [-0.2, -0.15) is 0 Å². The van der Waals surface area contributed by atoms with Crippen LogP contribution < -0.4 is 0 Å². The Morgan fingerprint density at radius 1 is 0.403 bits per heavy atom. The van der Waals surface area contributed by atoms with E-state index in [0.717, 1.165) is 49.9 Å². The van der Waals surface area contributed by atoms with Crippen molar-refractivity contribution < 1.29 is 19.1 Å². The van der Waals surface area contributed by atoms with Gasteiger partial charge in [-0.15, -0.1) is 0 Å². The predicted molar refractivity (Wildman–Crippen MR) is 273 cm³/mol. The minimum atomic E-state index is 0.974. The number of allylic oxidation sites excluding steroid dienone is 4. The molecule has 0 saturated heterocycles. The van der Waals surface area contributed by atoms with Crippen molar-refractivity contribution in [3.63, 3.8) is 0 Å². The Hall–Kier alpha value is -2.51. The van der Waals surface area contributed by atoms with E-state index in [-0.39, 0.29) is 0 Å². The summed E-state index contributed by atoms with van der Waals surface area (Å²) in [6.45, 7) is 15.9. The molecule has 0 aromatic heterocycles. The fraction of sp³-hybridized carbons (Fsp3) is 0.661. The molecule has 62 heavy (non-hydrogen) atoms. The van der Waals surface area contributed by atoms with Crippen molar-refractivity contribution in [2.45, 2.75) is 254 Å². The third-order valence-corrected chi connectivity index (χ3v) is 13.1. The Kier molecular flexibility index (Phi) is 33.9. The van der Waals surface area contributed by atoms with Gasteiger partial charge in [-0.05, 0) is 111 Å². The van der Waals surface area contributed by atoms with E-state index in [0.29, 0.717) is 0 Å². The van der Waals surface area contributed by atoms with E-state index in [4.69, 9.17) is 0 Å². The smallest absolute Gasteiger partial charge is 0.210 e. The normalized spacial score (nSPS) is 13.0. The first-order chi connectivity index (χ1) is 30.5. The molecule has 0 unspecified atom stereocenters. The van der Waals surface area contributed by atoms with Crippen LogP contribution in [0.2, 0.25) is 0 Å². The van der Waals surface area contributed by atoms with Gasteiger partial charge in [-0.1, -0.05) is 162 Å². The number of aryl methyl sites for hydroxylation is 4. The predicted octanol–water partition coefficient (Wildman–Crippen LogP) is 19.8. The van der Waals surface area contributed by atoms with Gasteiger partial charge in [0.2, 0.25) is 11.4 Å². The SMILES string of the molecule is CCCC=[CH][Ni][CH]=CCCC.CCCCCCCCc1cc(CCCCCC)cc(C2=CC(CCCCC)=C(c3cc(CCCCCC)cc(CCCCCCCC)c3)[N+]2=[N-])c1. The van der Waals surface area contributed by atoms with Gasteiger partial charge in [-0.25, -0.2) is 4.70 Å². The maximum absolute atomic E-state index is 12.2. The molecule has 0 saturated carbocycles. The second-order valence-electron chi connectivity index (χ2n) is 18.3. The first kappa shape index (κ1) is 55.6. The summed E-state index contributed by atoms with van der Waals surface area (Å²) in [6, 6.07) is 14.6. The first-order valence-corrected chi connectivity index (χ1v) is 27.6. The van der Waals surface area contributed by atoms with Gasteiger partial charge in [0.25, 0.3) is 0 Å². The van der Waals surface area contributed by atoms with E-state index < -0.39 is 0 Å². The quantitative estimate of drug-likeness (QED) is 0.0370. The maximum Gasteiger partial charge on any atom is 0.210 e. The van der Waals surface area contributed by atoms with Crippen molar-refractivity contribution in [3.8, 4) is 0 Å². The number of nitrogens with zero attached hydrogens (tertiary/aromatic N) is 2. The molecule has 3 heteroatoms. The summed E-state index contributed by atoms with van der Waals surface area (Å²) < 4.78 is 1.59. The van der Waals surface area contributed by atoms with E-state index >= 15 is 0 Å². The molecule has 1 heterocycles. The third kappa shape index (κ3) is 24.5. The third-order valence-electron chi connectivity index (χ3n) is 12.2. The average Bonchev–Trinajstić information content (AvgIpc) is 3.61. The summed E-state index contributed by atoms with van der Waals surface area (Å²) in [5, 5.41) is 4.37. The largest absolute Gasteiger partial charge is 0.493 e. The van der Waals surface area contributed by atoms with E-state index in [1.165, 1.54) is 206 Å². The second kappa shape index (κ2) is 37.8. The fourth-order valence-corrected chi connectivity index (χ4v) is 9.21. The van der Waals surface area contributed by atoms with Gasteiger partial charge in [0.1, 0.15) is 0 Å². The Labute approximate surface area is 391 Å². The van der Waals surface area contributed by atoms with E-state index in [9.17, 15) is 5.53 Å². The molecule has 2 aromatic carbocycles. The zero-order valence-electron chi connectivity index (χ0n) is 41.7. The van der Waals surface area contributed by atoms with Crippen LogP contribution in [-0.2, 0) is 40.1 Å². The van der Waals surface area contributed by atoms with Crippen molar-refractivity contribution >= 4 is 11.4 Å². The summed E-state index contributed by atoms with van der Waals surface area (Å²) >= 11 is 1.61. The van der Waals surface area contributed by atoms with Gasteiger partial charge < -0.3 is 5.53 Å². The molecule has 0 fully saturated rings. The van der Waals surface area contributed by atoms with Crippen LogP contribution in [0.3, 0.4) is 0 Å². The summed E-state index contributed by atoms with van der Waals surface area (Å²) in [6.07, 6.45) is 47.0. The van der Waals surface area contributed by atoms with E-state index in [1.54, 1.807) is 19.1 Å². The Bertz CT molecular complexity index is 1560. The number of hydrogen-bond donors (Lipinski definition) is 0. The molecule has 352 valence electrons. The molecular weight excluding hydrogens is 795 g/mol. The molecule has 0 spiro atoms. The van der Waals surface area contributed by atoms with Crippen LogP contribution >= 0.6 is 0 Å². The van der Waals surface area contributed by atoms with Crippen LogP contribution in [0.25, 0.3) is 16.9 Å². The summed E-state index contributed by atoms with van der Waals surface area (Å²) in [5.74, 6) is 0. The van der Waals surface area contributed by atoms with Crippen molar-refractivity contribution in [2.24, 2.45) is 0 Å². The van der Waals surface area contributed by atoms with Gasteiger partial charge in [0.15, 0.2) is 0 Å². The van der Waals surface area contributed by atoms with Crippen LogP contribution in [0.5, 0.6) is 0 Å². The number of hydrogen-bond acceptors (Lipinski definition) is 0. The van der Waals surface area contributed by atoms with Crippen molar-refractivity contribution in [1.29, 1.82) is 0 Å². The number of unbranched alkanes of at least 4 members (excludes halogenated alkanes) is 20. The fourth-order valence-electron chi connectivity index (χ4n) is 8.50. The van der Waals surface area contributed by atoms with Crippen LogP contribution in [0.4, 0.5) is 0 Å². The maximum atomic E-state index is 12.2. The second-order valence-corrected chi connectivity index (χ2v) is 19.3. The minimum Gasteiger partial charge on any atom is -0.493 e. The molecule has 0 atom stereocenters. The summed E-state index contributed by atoms with van der Waals surface area (Å²) in [4.78, 5) is 0. The van der Waals surface area contributed by atoms with Crippen molar-refractivity contribution in [2.75, 3.05) is 0 Å². The molecule has 3 rings (SSSR count). The summed E-state index contributed by atoms with van der Waals surface area (Å²) in [7, 11) is 0. The zero-order chi connectivity index (χ0) is 44.9. The van der Waals surface area contributed by atoms with Gasteiger partial charge in [0, 0.05) is 22.8 Å². The molecule has 2 nitrogen and oxygen atoms in total. The molecular formula is C59H96N2Ni. The molecule has 0 bridgehead atoms. The van der Waals surface area contributed by atoms with Gasteiger partial charge >= 0.3 is 76.2 Å². The van der Waals surface area contributed by atoms with Crippen LogP contribution in [0.1, 0.15) is 262 Å². The van der Waals surface area contributed by atoms with Crippen LogP contribution in [0, 0.1) is 0 Å². The van der Waals surface area contributed by atoms with Crippen LogP contribution in [-0.4, -0.2) is 4.70 Å². The van der Waals surface area contributed by atoms with Crippen LogP contribution in [0.15, 0.2) is 70.3 Å². The van der Waals surface area contributed by atoms with Gasteiger partial charge in [-0.3, -0.25) is 0 Å². The molecule has 0 amide bonds. The summed E-state index contributed by atoms with van der Waals surface area (Å²) in [5.41, 5.74) is 23.7. The molecule has 1 aliphatic heterocycles. The van der Waals surface area contributed by atoms with Gasteiger partial charge in [0.05, 0.1) is 0 Å². The molecule has 1 aliphatic rings. The Morgan fingerprint density at radius 3 is 1.15 bits per heavy atom. The number of rotatable bonds is 36. The molecule has 2 aromatic rings. The Morgan fingerprint density at radius 2 is 0.742 bits per heavy atom. The van der Waals surface area contributed by atoms with E-state index in [1.807, 2.05) is 0 Å². The van der Waals surface area contributed by atoms with Crippen molar-refractivity contribution in [3.05, 3.63) is 109 Å². The average molecular weight is 892 g/mol. The minimum absolute atomic E-state index is 0.974. The molecule has 0 radical (unpaired) electrons. The first-order valence-electron chi connectivity index (χ1n) is 26.5. The zero-order valence-corrected chi connectivity index (χ0v) is 42.7. The molecule has 0 N–H and O–H groups in total.